The lowest BCUT2D eigenvalue weighted by molar-refractivity contribution is 0.241. The molecule has 1 amide bonds. The predicted octanol–water partition coefficient (Wildman–Crippen LogP) is 4.11. The molecule has 2 unspecified atom stereocenters. The van der Waals surface area contributed by atoms with Gasteiger partial charge in [-0.05, 0) is 47.4 Å². The Morgan fingerprint density at radius 3 is 2.56 bits per heavy atom. The van der Waals surface area contributed by atoms with Gasteiger partial charge in [0.05, 0.1) is 0 Å². The fourth-order valence-corrected chi connectivity index (χ4v) is 3.03. The number of amides is 1. The summed E-state index contributed by atoms with van der Waals surface area (Å²) in [4.78, 5) is 14.6. The van der Waals surface area contributed by atoms with Gasteiger partial charge in [0.15, 0.2) is 0 Å². The van der Waals surface area contributed by atoms with Gasteiger partial charge in [-0.2, -0.15) is 0 Å². The number of carbonyl (C=O) groups excluding carboxylic acids is 1. The smallest absolute Gasteiger partial charge is 0.285 e. The van der Waals surface area contributed by atoms with Crippen LogP contribution in [-0.2, 0) is 0 Å². The van der Waals surface area contributed by atoms with E-state index in [9.17, 15) is 4.79 Å². The highest BCUT2D eigenvalue weighted by Gasteiger charge is 2.41. The largest absolute Gasteiger partial charge is 0.339 e. The van der Waals surface area contributed by atoms with Crippen molar-refractivity contribution in [1.29, 1.82) is 0 Å². The molecule has 2 atom stereocenters. The second-order valence-electron chi connectivity index (χ2n) is 4.81. The van der Waals surface area contributed by atoms with E-state index in [1.54, 1.807) is 19.0 Å². The molecule has 18 heavy (non-hydrogen) atoms. The number of hydrogen-bond donors (Lipinski definition) is 0. The highest BCUT2D eigenvalue weighted by molar-refractivity contribution is 8.16. The van der Waals surface area contributed by atoms with Gasteiger partial charge < -0.3 is 4.90 Å². The highest BCUT2D eigenvalue weighted by Crippen LogP contribution is 2.54. The van der Waals surface area contributed by atoms with Crippen LogP contribution in [0, 0.1) is 5.92 Å². The van der Waals surface area contributed by atoms with Gasteiger partial charge in [0.25, 0.3) is 5.24 Å². The standard InChI is InChI=1S/C15H19NOS/c1-4-14(18-15(17)16(2)3)13-10-12(13)11-8-6-5-7-9-11/h4-9,12-13H,10H2,1-3H3/b14-4+. The molecule has 0 saturated heterocycles. The van der Waals surface area contributed by atoms with Gasteiger partial charge in [-0.1, -0.05) is 36.4 Å². The summed E-state index contributed by atoms with van der Waals surface area (Å²) in [5.41, 5.74) is 1.39. The summed E-state index contributed by atoms with van der Waals surface area (Å²) in [6, 6.07) is 10.6. The molecule has 1 fully saturated rings. The Labute approximate surface area is 113 Å². The molecule has 96 valence electrons. The summed E-state index contributed by atoms with van der Waals surface area (Å²) in [6.07, 6.45) is 3.25. The first-order chi connectivity index (χ1) is 8.63. The van der Waals surface area contributed by atoms with E-state index in [0.717, 1.165) is 6.42 Å². The average molecular weight is 261 g/mol. The normalized spacial score (nSPS) is 22.7. The summed E-state index contributed by atoms with van der Waals surface area (Å²) in [5, 5.41) is 0.113. The van der Waals surface area contributed by atoms with Crippen molar-refractivity contribution in [3.8, 4) is 0 Å². The maximum absolute atomic E-state index is 11.7. The van der Waals surface area contributed by atoms with E-state index in [1.807, 2.05) is 13.0 Å². The van der Waals surface area contributed by atoms with Crippen LogP contribution in [0.15, 0.2) is 41.3 Å². The summed E-state index contributed by atoms with van der Waals surface area (Å²) in [5.74, 6) is 1.13. The van der Waals surface area contributed by atoms with E-state index in [0.29, 0.717) is 11.8 Å². The Balaban J connectivity index is 1.99. The van der Waals surface area contributed by atoms with Gasteiger partial charge >= 0.3 is 0 Å². The van der Waals surface area contributed by atoms with Gasteiger partial charge in [-0.3, -0.25) is 4.79 Å². The van der Waals surface area contributed by atoms with Crippen LogP contribution in [-0.4, -0.2) is 24.2 Å². The molecule has 1 aromatic rings. The van der Waals surface area contributed by atoms with E-state index in [4.69, 9.17) is 0 Å². The Morgan fingerprint density at radius 1 is 1.33 bits per heavy atom. The van der Waals surface area contributed by atoms with Crippen molar-refractivity contribution in [1.82, 2.24) is 4.90 Å². The second-order valence-corrected chi connectivity index (χ2v) is 5.84. The lowest BCUT2D eigenvalue weighted by Crippen LogP contribution is -2.16. The van der Waals surface area contributed by atoms with Crippen molar-refractivity contribution in [3.05, 3.63) is 46.9 Å². The molecule has 0 radical (unpaired) electrons. The first kappa shape index (κ1) is 13.2. The molecule has 1 saturated carbocycles. The minimum absolute atomic E-state index is 0.113. The monoisotopic (exact) mass is 261 g/mol. The van der Waals surface area contributed by atoms with Gasteiger partial charge in [0.1, 0.15) is 0 Å². The second kappa shape index (κ2) is 5.61. The molecule has 3 heteroatoms. The Kier molecular flexibility index (Phi) is 4.12. The molecular formula is C15H19NOS. The summed E-state index contributed by atoms with van der Waals surface area (Å²) >= 11 is 1.37. The van der Waals surface area contributed by atoms with Crippen molar-refractivity contribution in [3.63, 3.8) is 0 Å². The minimum Gasteiger partial charge on any atom is -0.339 e. The molecule has 0 aromatic heterocycles. The maximum Gasteiger partial charge on any atom is 0.285 e. The van der Waals surface area contributed by atoms with Crippen molar-refractivity contribution in [2.45, 2.75) is 19.3 Å². The molecule has 1 aliphatic rings. The zero-order valence-corrected chi connectivity index (χ0v) is 11.9. The van der Waals surface area contributed by atoms with Gasteiger partial charge in [-0.15, -0.1) is 0 Å². The van der Waals surface area contributed by atoms with Crippen LogP contribution >= 0.6 is 11.8 Å². The third-order valence-electron chi connectivity index (χ3n) is 3.24. The van der Waals surface area contributed by atoms with Gasteiger partial charge in [-0.25, -0.2) is 0 Å². The van der Waals surface area contributed by atoms with E-state index in [1.165, 1.54) is 22.2 Å². The number of thioether (sulfide) groups is 1. The van der Waals surface area contributed by atoms with E-state index >= 15 is 0 Å². The quantitative estimate of drug-likeness (QED) is 0.816. The van der Waals surface area contributed by atoms with E-state index in [2.05, 4.69) is 30.3 Å². The third kappa shape index (κ3) is 2.96. The summed E-state index contributed by atoms with van der Waals surface area (Å²) in [7, 11) is 3.59. The zero-order chi connectivity index (χ0) is 13.1. The molecule has 0 aliphatic heterocycles. The van der Waals surface area contributed by atoms with Crippen LogP contribution < -0.4 is 0 Å². The van der Waals surface area contributed by atoms with Crippen LogP contribution in [0.1, 0.15) is 24.8 Å². The molecule has 1 aliphatic carbocycles. The van der Waals surface area contributed by atoms with Crippen LogP contribution in [0.2, 0.25) is 0 Å². The fraction of sp³-hybridized carbons (Fsp3) is 0.400. The van der Waals surface area contributed by atoms with Crippen molar-refractivity contribution in [2.24, 2.45) is 5.92 Å². The number of hydrogen-bond acceptors (Lipinski definition) is 2. The van der Waals surface area contributed by atoms with E-state index in [-0.39, 0.29) is 5.24 Å². The predicted molar refractivity (Wildman–Crippen MR) is 77.7 cm³/mol. The maximum atomic E-state index is 11.7. The average Bonchev–Trinajstić information content (AvgIpc) is 3.16. The van der Waals surface area contributed by atoms with Crippen LogP contribution in [0.25, 0.3) is 0 Å². The van der Waals surface area contributed by atoms with Crippen molar-refractivity contribution < 1.29 is 4.79 Å². The minimum atomic E-state index is 0.113. The van der Waals surface area contributed by atoms with Crippen molar-refractivity contribution in [2.75, 3.05) is 14.1 Å². The summed E-state index contributed by atoms with van der Waals surface area (Å²) < 4.78 is 0. The number of rotatable bonds is 3. The molecule has 0 N–H and O–H groups in total. The summed E-state index contributed by atoms with van der Waals surface area (Å²) in [6.45, 7) is 2.02. The van der Waals surface area contributed by atoms with Crippen molar-refractivity contribution >= 4 is 17.0 Å². The number of carbonyl (C=O) groups is 1. The third-order valence-corrected chi connectivity index (χ3v) is 4.55. The van der Waals surface area contributed by atoms with Gasteiger partial charge in [0.2, 0.25) is 0 Å². The van der Waals surface area contributed by atoms with Crippen LogP contribution in [0.5, 0.6) is 0 Å². The molecule has 0 heterocycles. The molecule has 0 spiro atoms. The fourth-order valence-electron chi connectivity index (χ4n) is 2.12. The van der Waals surface area contributed by atoms with Gasteiger partial charge in [0, 0.05) is 14.1 Å². The number of allylic oxidation sites excluding steroid dienone is 2. The Hall–Kier alpha value is -1.22. The Bertz CT molecular complexity index is 453. The molecule has 2 nitrogen and oxygen atoms in total. The SMILES string of the molecule is C/C=C(/SC(=O)N(C)C)C1CC1c1ccccc1. The molecular weight excluding hydrogens is 242 g/mol. The molecule has 1 aromatic carbocycles. The lowest BCUT2D eigenvalue weighted by Gasteiger charge is -2.11. The Morgan fingerprint density at radius 2 is 2.00 bits per heavy atom. The number of nitrogens with zero attached hydrogens (tertiary/aromatic N) is 1. The van der Waals surface area contributed by atoms with E-state index < -0.39 is 0 Å². The number of benzene rings is 1. The first-order valence-corrected chi connectivity index (χ1v) is 7.05. The lowest BCUT2D eigenvalue weighted by atomic mass is 10.1. The van der Waals surface area contributed by atoms with Crippen LogP contribution in [0.4, 0.5) is 4.79 Å². The molecule has 2 rings (SSSR count). The zero-order valence-electron chi connectivity index (χ0n) is 11.1. The topological polar surface area (TPSA) is 20.3 Å². The van der Waals surface area contributed by atoms with Crippen LogP contribution in [0.3, 0.4) is 0 Å². The highest BCUT2D eigenvalue weighted by atomic mass is 32.2. The molecule has 0 bridgehead atoms. The first-order valence-electron chi connectivity index (χ1n) is 6.23.